The number of hydrogen-bond donors (Lipinski definition) is 1. The van der Waals surface area contributed by atoms with Gasteiger partial charge in [-0.3, -0.25) is 4.52 Å². The summed E-state index contributed by atoms with van der Waals surface area (Å²) in [6.45, 7) is 0. The van der Waals surface area contributed by atoms with Crippen molar-refractivity contribution in [3.8, 4) is 0 Å². The highest BCUT2D eigenvalue weighted by Crippen LogP contribution is 2.19. The monoisotopic (exact) mass is 187 g/mol. The van der Waals surface area contributed by atoms with Gasteiger partial charge in [0.1, 0.15) is 10.8 Å². The van der Waals surface area contributed by atoms with Gasteiger partial charge in [0, 0.05) is 10.5 Å². The molecule has 0 aliphatic rings. The van der Waals surface area contributed by atoms with E-state index in [-0.39, 0.29) is 5.88 Å². The molecule has 68 valence electrons. The minimum absolute atomic E-state index is 0.286. The van der Waals surface area contributed by atoms with Crippen molar-refractivity contribution >= 4 is 22.2 Å². The van der Waals surface area contributed by atoms with Gasteiger partial charge in [-0.2, -0.15) is 0 Å². The first kappa shape index (κ1) is 7.25. The molecule has 0 aliphatic carbocycles. The number of nitrogens with two attached hydrogens (primary N) is 1. The Labute approximate surface area is 78.7 Å². The second-order valence-electron chi connectivity index (χ2n) is 3.01. The van der Waals surface area contributed by atoms with Gasteiger partial charge in [0.25, 0.3) is 0 Å². The number of hydrogen-bond acceptors (Lipinski definition) is 4. The highest BCUT2D eigenvalue weighted by molar-refractivity contribution is 5.96. The van der Waals surface area contributed by atoms with Crippen LogP contribution in [0.2, 0.25) is 0 Å². The van der Waals surface area contributed by atoms with E-state index in [1.54, 1.807) is 6.20 Å². The van der Waals surface area contributed by atoms with Crippen LogP contribution in [0.25, 0.3) is 16.3 Å². The van der Waals surface area contributed by atoms with Gasteiger partial charge in [-0.25, -0.2) is 0 Å². The molecule has 2 N–H and O–H groups in total. The molecule has 14 heavy (non-hydrogen) atoms. The molecule has 1 aromatic carbocycles. The lowest BCUT2D eigenvalue weighted by atomic mass is 10.2. The van der Waals surface area contributed by atoms with E-state index in [0.29, 0.717) is 5.52 Å². The lowest BCUT2D eigenvalue weighted by molar-refractivity contribution is -0.655. The molecule has 0 atom stereocenters. The van der Waals surface area contributed by atoms with Crippen molar-refractivity contribution < 1.29 is 9.15 Å². The highest BCUT2D eigenvalue weighted by Gasteiger charge is 2.18. The number of nitrogen functional groups attached to an aromatic ring is 1. The molecular weight excluding hydrogens is 180 g/mol. The number of nitrogens with zero attached hydrogens (tertiary/aromatic N) is 3. The molecule has 3 rings (SSSR count). The Balaban J connectivity index is 2.65. The highest BCUT2D eigenvalue weighted by atomic mass is 16.5. The Bertz CT molecular complexity index is 616. The summed E-state index contributed by atoms with van der Waals surface area (Å²) in [6, 6.07) is 7.81. The molecule has 3 aromatic rings. The largest absolute Gasteiger partial charge is 0.362 e. The Morgan fingerprint density at radius 2 is 2.14 bits per heavy atom. The van der Waals surface area contributed by atoms with E-state index in [4.69, 9.17) is 10.3 Å². The fraction of sp³-hybridized carbons (Fsp3) is 0. The first-order valence-electron chi connectivity index (χ1n) is 4.17. The van der Waals surface area contributed by atoms with E-state index < -0.39 is 0 Å². The Kier molecular flexibility index (Phi) is 1.25. The van der Waals surface area contributed by atoms with Crippen molar-refractivity contribution in [1.29, 1.82) is 0 Å². The summed E-state index contributed by atoms with van der Waals surface area (Å²) in [7, 11) is 0. The molecular formula is C9H7N4O+. The van der Waals surface area contributed by atoms with Crippen molar-refractivity contribution in [3.05, 3.63) is 30.5 Å². The predicted molar refractivity (Wildman–Crippen MR) is 49.4 cm³/mol. The van der Waals surface area contributed by atoms with Gasteiger partial charge in [-0.15, -0.1) is 0 Å². The zero-order chi connectivity index (χ0) is 9.54. The van der Waals surface area contributed by atoms with Gasteiger partial charge in [0.15, 0.2) is 0 Å². The van der Waals surface area contributed by atoms with Crippen molar-refractivity contribution in [2.24, 2.45) is 0 Å². The van der Waals surface area contributed by atoms with Crippen LogP contribution in [0.3, 0.4) is 0 Å². The van der Waals surface area contributed by atoms with Crippen molar-refractivity contribution in [2.75, 3.05) is 5.73 Å². The fourth-order valence-corrected chi connectivity index (χ4v) is 1.53. The Morgan fingerprint density at radius 3 is 3.07 bits per heavy atom. The predicted octanol–water partition coefficient (Wildman–Crippen LogP) is 0.544. The van der Waals surface area contributed by atoms with Crippen molar-refractivity contribution in [2.45, 2.75) is 0 Å². The van der Waals surface area contributed by atoms with Crippen molar-refractivity contribution in [1.82, 2.24) is 10.4 Å². The number of benzene rings is 1. The summed E-state index contributed by atoms with van der Waals surface area (Å²) in [5.74, 6) is 0.286. The molecule has 0 saturated heterocycles. The summed E-state index contributed by atoms with van der Waals surface area (Å²) in [5, 5.41) is 9.74. The minimum Gasteiger partial charge on any atom is -0.362 e. The van der Waals surface area contributed by atoms with Gasteiger partial charge in [-0.05, 0) is 6.07 Å². The summed E-state index contributed by atoms with van der Waals surface area (Å²) in [4.78, 5) is 0. The van der Waals surface area contributed by atoms with Gasteiger partial charge in [0.2, 0.25) is 5.27 Å². The molecule has 2 heterocycles. The molecule has 0 aliphatic heterocycles. The summed E-state index contributed by atoms with van der Waals surface area (Å²) < 4.78 is 6.24. The van der Waals surface area contributed by atoms with Gasteiger partial charge >= 0.3 is 11.4 Å². The SMILES string of the molecule is Nc1on[n+]2ncc3ccccc3c12. The minimum atomic E-state index is 0.286. The first-order chi connectivity index (χ1) is 6.86. The molecule has 5 heteroatoms. The number of rotatable bonds is 0. The zero-order valence-electron chi connectivity index (χ0n) is 7.21. The van der Waals surface area contributed by atoms with Crippen LogP contribution in [-0.4, -0.2) is 10.4 Å². The molecule has 0 saturated carbocycles. The van der Waals surface area contributed by atoms with E-state index >= 15 is 0 Å². The second kappa shape index (κ2) is 2.41. The Morgan fingerprint density at radius 1 is 1.29 bits per heavy atom. The summed E-state index contributed by atoms with van der Waals surface area (Å²) in [5.41, 5.74) is 6.36. The van der Waals surface area contributed by atoms with Crippen LogP contribution in [0.4, 0.5) is 5.88 Å². The maximum absolute atomic E-state index is 5.65. The quantitative estimate of drug-likeness (QED) is 0.521. The molecule has 5 nitrogen and oxygen atoms in total. The van der Waals surface area contributed by atoms with Crippen LogP contribution in [0.15, 0.2) is 35.0 Å². The third kappa shape index (κ3) is 0.806. The number of aromatic nitrogens is 3. The second-order valence-corrected chi connectivity index (χ2v) is 3.01. The maximum Gasteiger partial charge on any atom is 0.341 e. The van der Waals surface area contributed by atoms with E-state index in [9.17, 15) is 0 Å². The van der Waals surface area contributed by atoms with Crippen LogP contribution < -0.4 is 10.4 Å². The molecule has 0 radical (unpaired) electrons. The molecule has 0 unspecified atom stereocenters. The standard InChI is InChI=1S/C9H7N4O/c10-9-8-7-4-2-1-3-6(7)5-11-13(8)12-14-9/h1-5H,10H2/q+1. The average molecular weight is 187 g/mol. The van der Waals surface area contributed by atoms with Crippen molar-refractivity contribution in [3.63, 3.8) is 0 Å². The van der Waals surface area contributed by atoms with Gasteiger partial charge in [0.05, 0.1) is 5.39 Å². The third-order valence-corrected chi connectivity index (χ3v) is 2.17. The molecule has 0 fully saturated rings. The lowest BCUT2D eigenvalue weighted by Gasteiger charge is -1.89. The maximum atomic E-state index is 5.65. The van der Waals surface area contributed by atoms with Crippen LogP contribution in [-0.2, 0) is 0 Å². The van der Waals surface area contributed by atoms with Crippen LogP contribution in [0.1, 0.15) is 0 Å². The summed E-state index contributed by atoms with van der Waals surface area (Å²) >= 11 is 0. The van der Waals surface area contributed by atoms with E-state index in [1.165, 1.54) is 4.63 Å². The molecule has 0 bridgehead atoms. The topological polar surface area (TPSA) is 69.0 Å². The summed E-state index contributed by atoms with van der Waals surface area (Å²) in [6.07, 6.45) is 1.73. The average Bonchev–Trinajstić information content (AvgIpc) is 2.61. The normalized spacial score (nSPS) is 11.1. The first-order valence-corrected chi connectivity index (χ1v) is 4.17. The molecule has 2 aromatic heterocycles. The van der Waals surface area contributed by atoms with Gasteiger partial charge < -0.3 is 5.73 Å². The fourth-order valence-electron chi connectivity index (χ4n) is 1.53. The smallest absolute Gasteiger partial charge is 0.341 e. The van der Waals surface area contributed by atoms with E-state index in [2.05, 4.69) is 10.4 Å². The van der Waals surface area contributed by atoms with E-state index in [0.717, 1.165) is 10.8 Å². The lowest BCUT2D eigenvalue weighted by Crippen LogP contribution is -2.27. The zero-order valence-corrected chi connectivity index (χ0v) is 7.21. The number of fused-ring (bicyclic) bond motifs is 3. The molecule has 0 amide bonds. The van der Waals surface area contributed by atoms with Crippen LogP contribution >= 0.6 is 0 Å². The van der Waals surface area contributed by atoms with Crippen LogP contribution in [0, 0.1) is 0 Å². The molecule has 0 spiro atoms. The van der Waals surface area contributed by atoms with E-state index in [1.807, 2.05) is 24.3 Å². The Hall–Kier alpha value is -2.17. The third-order valence-electron chi connectivity index (χ3n) is 2.17. The van der Waals surface area contributed by atoms with Gasteiger partial charge in [-0.1, -0.05) is 18.2 Å². The van der Waals surface area contributed by atoms with Crippen LogP contribution in [0.5, 0.6) is 0 Å². The number of anilines is 1.